The van der Waals surface area contributed by atoms with E-state index in [1.54, 1.807) is 0 Å². The van der Waals surface area contributed by atoms with Crippen LogP contribution < -0.4 is 0 Å². The number of hydrogen-bond acceptors (Lipinski definition) is 2. The minimum Gasteiger partial charge on any atom is -0.461 e. The molecule has 0 spiro atoms. The van der Waals surface area contributed by atoms with Crippen molar-refractivity contribution >= 4 is 16.7 Å². The third kappa shape index (κ3) is 3.53. The van der Waals surface area contributed by atoms with E-state index in [0.717, 1.165) is 5.56 Å². The van der Waals surface area contributed by atoms with Gasteiger partial charge in [0.25, 0.3) is 0 Å². The molecule has 0 aliphatic carbocycles. The quantitative estimate of drug-likeness (QED) is 0.646. The molecule has 0 heterocycles. The van der Waals surface area contributed by atoms with E-state index in [1.807, 2.05) is 48.5 Å². The second-order valence-corrected chi connectivity index (χ2v) is 5.28. The zero-order chi connectivity index (χ0) is 15.2. The van der Waals surface area contributed by atoms with Crippen LogP contribution in [0, 0.1) is 0 Å². The normalized spacial score (nSPS) is 10.5. The molecule has 0 aliphatic heterocycles. The van der Waals surface area contributed by atoms with Gasteiger partial charge in [-0.3, -0.25) is 4.79 Å². The Morgan fingerprint density at radius 1 is 0.818 bits per heavy atom. The van der Waals surface area contributed by atoms with Crippen LogP contribution in [-0.4, -0.2) is 5.97 Å². The lowest BCUT2D eigenvalue weighted by molar-refractivity contribution is -0.144. The molecule has 0 unspecified atom stereocenters. The highest BCUT2D eigenvalue weighted by Crippen LogP contribution is 2.19. The van der Waals surface area contributed by atoms with Crippen LogP contribution >= 0.6 is 0 Å². The monoisotopic (exact) mass is 290 g/mol. The highest BCUT2D eigenvalue weighted by atomic mass is 16.5. The van der Waals surface area contributed by atoms with E-state index in [9.17, 15) is 4.79 Å². The van der Waals surface area contributed by atoms with Gasteiger partial charge in [-0.25, -0.2) is 0 Å². The van der Waals surface area contributed by atoms with Crippen molar-refractivity contribution in [2.45, 2.75) is 19.4 Å². The highest BCUT2D eigenvalue weighted by molar-refractivity contribution is 5.86. The number of benzene rings is 3. The van der Waals surface area contributed by atoms with Gasteiger partial charge in [-0.05, 0) is 28.3 Å². The molecule has 3 rings (SSSR count). The average Bonchev–Trinajstić information content (AvgIpc) is 2.59. The molecule has 0 aliphatic rings. The fraction of sp³-hybridized carbons (Fsp3) is 0.150. The van der Waals surface area contributed by atoms with E-state index in [1.165, 1.54) is 16.3 Å². The number of fused-ring (bicyclic) bond motifs is 1. The van der Waals surface area contributed by atoms with Crippen molar-refractivity contribution in [1.29, 1.82) is 0 Å². The van der Waals surface area contributed by atoms with E-state index in [2.05, 4.69) is 24.3 Å². The first kappa shape index (κ1) is 14.3. The smallest absolute Gasteiger partial charge is 0.306 e. The lowest BCUT2D eigenvalue weighted by Crippen LogP contribution is -2.06. The Morgan fingerprint density at radius 2 is 1.55 bits per heavy atom. The third-order valence-corrected chi connectivity index (χ3v) is 3.72. The molecule has 0 saturated carbocycles. The molecule has 0 atom stereocenters. The maximum Gasteiger partial charge on any atom is 0.306 e. The largest absolute Gasteiger partial charge is 0.461 e. The lowest BCUT2D eigenvalue weighted by Gasteiger charge is -2.07. The summed E-state index contributed by atoms with van der Waals surface area (Å²) in [5.74, 6) is -0.156. The van der Waals surface area contributed by atoms with E-state index < -0.39 is 0 Å². The van der Waals surface area contributed by atoms with Gasteiger partial charge < -0.3 is 4.74 Å². The van der Waals surface area contributed by atoms with Crippen LogP contribution in [0.4, 0.5) is 0 Å². The average molecular weight is 290 g/mol. The number of carbonyl (C=O) groups is 1. The van der Waals surface area contributed by atoms with Crippen LogP contribution in [0.1, 0.15) is 17.5 Å². The number of hydrogen-bond donors (Lipinski definition) is 0. The molecule has 3 aromatic rings. The molecule has 0 bridgehead atoms. The maximum absolute atomic E-state index is 11.9. The van der Waals surface area contributed by atoms with E-state index >= 15 is 0 Å². The van der Waals surface area contributed by atoms with Crippen molar-refractivity contribution < 1.29 is 9.53 Å². The van der Waals surface area contributed by atoms with Gasteiger partial charge in [0, 0.05) is 6.42 Å². The van der Waals surface area contributed by atoms with Crippen molar-refractivity contribution in [3.05, 3.63) is 83.9 Å². The predicted octanol–water partition coefficient (Wildman–Crippen LogP) is 4.52. The Bertz CT molecular complexity index is 758. The van der Waals surface area contributed by atoms with Gasteiger partial charge in [0.2, 0.25) is 0 Å². The SMILES string of the molecule is O=C(CCc1cccc2ccccc12)OCc1ccccc1. The van der Waals surface area contributed by atoms with Crippen molar-refractivity contribution in [3.63, 3.8) is 0 Å². The standard InChI is InChI=1S/C20H18O2/c21-20(22-15-16-7-2-1-3-8-16)14-13-18-11-6-10-17-9-4-5-12-19(17)18/h1-12H,13-15H2. The topological polar surface area (TPSA) is 26.3 Å². The van der Waals surface area contributed by atoms with Crippen molar-refractivity contribution in [2.75, 3.05) is 0 Å². The summed E-state index contributed by atoms with van der Waals surface area (Å²) >= 11 is 0. The Hall–Kier alpha value is -2.61. The number of ether oxygens (including phenoxy) is 1. The number of rotatable bonds is 5. The second-order valence-electron chi connectivity index (χ2n) is 5.28. The van der Waals surface area contributed by atoms with Crippen LogP contribution in [0.2, 0.25) is 0 Å². The molecular formula is C20H18O2. The Labute approximate surface area is 130 Å². The molecular weight excluding hydrogens is 272 g/mol. The molecule has 0 aromatic heterocycles. The van der Waals surface area contributed by atoms with Crippen LogP contribution in [0.5, 0.6) is 0 Å². The molecule has 3 aromatic carbocycles. The van der Waals surface area contributed by atoms with Gasteiger partial charge >= 0.3 is 5.97 Å². The number of carbonyl (C=O) groups excluding carboxylic acids is 1. The molecule has 0 N–H and O–H groups in total. The summed E-state index contributed by atoms with van der Waals surface area (Å²) in [6, 6.07) is 24.2. The number of aryl methyl sites for hydroxylation is 1. The van der Waals surface area contributed by atoms with Gasteiger partial charge in [-0.2, -0.15) is 0 Å². The second kappa shape index (κ2) is 6.90. The highest BCUT2D eigenvalue weighted by Gasteiger charge is 2.06. The van der Waals surface area contributed by atoms with Gasteiger partial charge in [0.05, 0.1) is 0 Å². The fourth-order valence-electron chi connectivity index (χ4n) is 2.56. The van der Waals surface area contributed by atoms with E-state index in [-0.39, 0.29) is 5.97 Å². The Kier molecular flexibility index (Phi) is 4.50. The van der Waals surface area contributed by atoms with E-state index in [4.69, 9.17) is 4.74 Å². The van der Waals surface area contributed by atoms with Gasteiger partial charge in [-0.1, -0.05) is 72.8 Å². The van der Waals surface area contributed by atoms with Crippen molar-refractivity contribution in [2.24, 2.45) is 0 Å². The molecule has 0 amide bonds. The zero-order valence-electron chi connectivity index (χ0n) is 12.4. The zero-order valence-corrected chi connectivity index (χ0v) is 12.4. The van der Waals surface area contributed by atoms with E-state index in [0.29, 0.717) is 19.4 Å². The first-order chi connectivity index (χ1) is 10.8. The summed E-state index contributed by atoms with van der Waals surface area (Å²) in [7, 11) is 0. The summed E-state index contributed by atoms with van der Waals surface area (Å²) in [6.07, 6.45) is 1.11. The van der Waals surface area contributed by atoms with Crippen molar-refractivity contribution in [1.82, 2.24) is 0 Å². The summed E-state index contributed by atoms with van der Waals surface area (Å²) in [5, 5.41) is 2.42. The Balaban J connectivity index is 1.58. The molecule has 110 valence electrons. The fourth-order valence-corrected chi connectivity index (χ4v) is 2.56. The molecule has 2 nitrogen and oxygen atoms in total. The molecule has 0 fully saturated rings. The predicted molar refractivity (Wildman–Crippen MR) is 88.5 cm³/mol. The minimum atomic E-state index is -0.156. The van der Waals surface area contributed by atoms with Crippen LogP contribution in [0.25, 0.3) is 10.8 Å². The minimum absolute atomic E-state index is 0.156. The van der Waals surface area contributed by atoms with Crippen LogP contribution in [0.3, 0.4) is 0 Å². The molecule has 0 saturated heterocycles. The molecule has 22 heavy (non-hydrogen) atoms. The Morgan fingerprint density at radius 3 is 2.41 bits per heavy atom. The maximum atomic E-state index is 11.9. The summed E-state index contributed by atoms with van der Waals surface area (Å²) < 4.78 is 5.32. The summed E-state index contributed by atoms with van der Waals surface area (Å²) in [4.78, 5) is 11.9. The molecule has 0 radical (unpaired) electrons. The van der Waals surface area contributed by atoms with Crippen LogP contribution in [-0.2, 0) is 22.6 Å². The van der Waals surface area contributed by atoms with Crippen LogP contribution in [0.15, 0.2) is 72.8 Å². The summed E-state index contributed by atoms with van der Waals surface area (Å²) in [5.41, 5.74) is 2.20. The first-order valence-corrected chi connectivity index (χ1v) is 7.49. The van der Waals surface area contributed by atoms with Gasteiger partial charge in [-0.15, -0.1) is 0 Å². The van der Waals surface area contributed by atoms with Gasteiger partial charge in [0.15, 0.2) is 0 Å². The lowest BCUT2D eigenvalue weighted by atomic mass is 10.0. The molecule has 2 heteroatoms. The summed E-state index contributed by atoms with van der Waals surface area (Å²) in [6.45, 7) is 0.342. The van der Waals surface area contributed by atoms with Crippen molar-refractivity contribution in [3.8, 4) is 0 Å². The first-order valence-electron chi connectivity index (χ1n) is 7.49. The third-order valence-electron chi connectivity index (χ3n) is 3.72. The number of esters is 1. The van der Waals surface area contributed by atoms with Gasteiger partial charge in [0.1, 0.15) is 6.61 Å².